The molecule has 3 rings (SSSR count). The van der Waals surface area contributed by atoms with Crippen molar-refractivity contribution in [2.24, 2.45) is 0 Å². The molecule has 136 valence electrons. The van der Waals surface area contributed by atoms with Crippen molar-refractivity contribution in [1.82, 2.24) is 10.2 Å². The number of aryl methyl sites for hydroxylation is 1. The van der Waals surface area contributed by atoms with Crippen molar-refractivity contribution in [2.45, 2.75) is 19.3 Å². The van der Waals surface area contributed by atoms with E-state index in [4.69, 9.17) is 0 Å². The molecule has 1 aliphatic carbocycles. The van der Waals surface area contributed by atoms with Crippen molar-refractivity contribution in [3.8, 4) is 0 Å². The first-order valence-electron chi connectivity index (χ1n) is 8.11. The van der Waals surface area contributed by atoms with Crippen LogP contribution < -0.4 is 10.6 Å². The van der Waals surface area contributed by atoms with E-state index in [1.807, 2.05) is 0 Å². The number of hydrogen-bond donors (Lipinski definition) is 2. The number of nitrogens with one attached hydrogen (secondary N) is 2. The number of hydrogen-bond acceptors (Lipinski definition) is 4. The molecule has 0 saturated heterocycles. The fraction of sp³-hybridized carbons (Fsp3) is 0.278. The molecule has 1 aromatic heterocycles. The number of halogens is 1. The number of benzene rings is 1. The Labute approximate surface area is 154 Å². The number of nitrogens with zero attached hydrogens (tertiary/aromatic N) is 1. The Hall–Kier alpha value is -2.74. The predicted molar refractivity (Wildman–Crippen MR) is 97.2 cm³/mol. The highest BCUT2D eigenvalue weighted by Crippen LogP contribution is 2.39. The van der Waals surface area contributed by atoms with Gasteiger partial charge in [-0.15, -0.1) is 11.3 Å². The largest absolute Gasteiger partial charge is 0.331 e. The molecule has 0 radical (unpaired) electrons. The van der Waals surface area contributed by atoms with Gasteiger partial charge in [-0.05, 0) is 37.0 Å². The van der Waals surface area contributed by atoms with Crippen LogP contribution in [0.2, 0.25) is 0 Å². The second kappa shape index (κ2) is 7.25. The molecule has 1 aliphatic rings. The summed E-state index contributed by atoms with van der Waals surface area (Å²) < 4.78 is 13.8. The van der Waals surface area contributed by atoms with Crippen LogP contribution in [0, 0.1) is 5.82 Å². The van der Waals surface area contributed by atoms with Crippen molar-refractivity contribution in [3.63, 3.8) is 0 Å². The highest BCUT2D eigenvalue weighted by molar-refractivity contribution is 7.17. The maximum atomic E-state index is 13.8. The van der Waals surface area contributed by atoms with Crippen LogP contribution in [0.4, 0.5) is 14.2 Å². The molecule has 2 N–H and O–H groups in total. The average Bonchev–Trinajstić information content (AvgIpc) is 3.15. The molecule has 6 nitrogen and oxygen atoms in total. The van der Waals surface area contributed by atoms with Gasteiger partial charge in [-0.25, -0.2) is 9.18 Å². The van der Waals surface area contributed by atoms with Gasteiger partial charge in [0, 0.05) is 19.0 Å². The average molecular weight is 375 g/mol. The monoisotopic (exact) mass is 375 g/mol. The van der Waals surface area contributed by atoms with E-state index in [0.717, 1.165) is 23.3 Å². The molecule has 0 bridgehead atoms. The predicted octanol–water partition coefficient (Wildman–Crippen LogP) is 3.04. The lowest BCUT2D eigenvalue weighted by molar-refractivity contribution is 0.0957. The quantitative estimate of drug-likeness (QED) is 0.866. The highest BCUT2D eigenvalue weighted by Gasteiger charge is 2.29. The zero-order valence-corrected chi connectivity index (χ0v) is 15.2. The van der Waals surface area contributed by atoms with E-state index in [1.165, 1.54) is 48.5 Å². The number of carbonyl (C=O) groups is 3. The summed E-state index contributed by atoms with van der Waals surface area (Å²) in [6, 6.07) is 5.10. The molecule has 8 heteroatoms. The minimum absolute atomic E-state index is 0.100. The Bertz CT molecular complexity index is 892. The summed E-state index contributed by atoms with van der Waals surface area (Å²) in [5.41, 5.74) is 1.04. The summed E-state index contributed by atoms with van der Waals surface area (Å²) >= 11 is 1.30. The molecule has 1 aromatic carbocycles. The van der Waals surface area contributed by atoms with E-state index in [0.29, 0.717) is 17.0 Å². The Morgan fingerprint density at radius 3 is 2.54 bits per heavy atom. The van der Waals surface area contributed by atoms with Gasteiger partial charge < -0.3 is 10.2 Å². The van der Waals surface area contributed by atoms with Crippen molar-refractivity contribution in [2.75, 3.05) is 19.4 Å². The molecule has 4 amide bonds. The topological polar surface area (TPSA) is 78.5 Å². The smallest absolute Gasteiger partial charge is 0.323 e. The van der Waals surface area contributed by atoms with Crippen LogP contribution in [-0.4, -0.2) is 36.8 Å². The van der Waals surface area contributed by atoms with Crippen LogP contribution in [0.15, 0.2) is 24.3 Å². The van der Waals surface area contributed by atoms with Gasteiger partial charge in [0.1, 0.15) is 10.8 Å². The van der Waals surface area contributed by atoms with E-state index < -0.39 is 23.7 Å². The Morgan fingerprint density at radius 1 is 1.12 bits per heavy atom. The number of rotatable bonds is 3. The standard InChI is InChI=1S/C18H18FN3O3S/c1-22(2)18(25)21-16(24)14-11-7-5-9-13(11)26-17(14)20-15(23)10-6-3-4-8-12(10)19/h3-4,6,8H,5,7,9H2,1-2H3,(H,20,23)(H,21,24,25). The van der Waals surface area contributed by atoms with Crippen LogP contribution in [0.3, 0.4) is 0 Å². The highest BCUT2D eigenvalue weighted by atomic mass is 32.1. The summed E-state index contributed by atoms with van der Waals surface area (Å²) in [5, 5.41) is 5.28. The van der Waals surface area contributed by atoms with Gasteiger partial charge in [0.15, 0.2) is 0 Å². The SMILES string of the molecule is CN(C)C(=O)NC(=O)c1c(NC(=O)c2ccccc2F)sc2c1CCC2. The van der Waals surface area contributed by atoms with Gasteiger partial charge >= 0.3 is 6.03 Å². The van der Waals surface area contributed by atoms with Crippen molar-refractivity contribution < 1.29 is 18.8 Å². The number of anilines is 1. The van der Waals surface area contributed by atoms with Crippen molar-refractivity contribution in [3.05, 3.63) is 51.7 Å². The summed E-state index contributed by atoms with van der Waals surface area (Å²) in [4.78, 5) is 39.1. The van der Waals surface area contributed by atoms with Crippen molar-refractivity contribution in [1.29, 1.82) is 0 Å². The van der Waals surface area contributed by atoms with Crippen LogP contribution in [0.25, 0.3) is 0 Å². The maximum Gasteiger partial charge on any atom is 0.323 e. The molecule has 0 spiro atoms. The van der Waals surface area contributed by atoms with E-state index >= 15 is 0 Å². The molecule has 0 atom stereocenters. The number of imide groups is 1. The first-order valence-corrected chi connectivity index (χ1v) is 8.93. The second-order valence-corrected chi connectivity index (χ2v) is 7.25. The number of thiophene rings is 1. The third-order valence-electron chi connectivity index (χ3n) is 4.12. The zero-order valence-electron chi connectivity index (χ0n) is 14.4. The fourth-order valence-electron chi connectivity index (χ4n) is 2.82. The van der Waals surface area contributed by atoms with Gasteiger partial charge in [-0.3, -0.25) is 14.9 Å². The van der Waals surface area contributed by atoms with Gasteiger partial charge in [-0.1, -0.05) is 12.1 Å². The molecular formula is C18H18FN3O3S. The zero-order chi connectivity index (χ0) is 18.8. The fourth-order valence-corrected chi connectivity index (χ4v) is 4.10. The number of fused-ring (bicyclic) bond motifs is 1. The second-order valence-electron chi connectivity index (χ2n) is 6.15. The minimum Gasteiger partial charge on any atom is -0.331 e. The van der Waals surface area contributed by atoms with Gasteiger partial charge in [-0.2, -0.15) is 0 Å². The summed E-state index contributed by atoms with van der Waals surface area (Å²) in [6.45, 7) is 0. The molecule has 0 fully saturated rings. The molecule has 1 heterocycles. The minimum atomic E-state index is -0.636. The van der Waals surface area contributed by atoms with E-state index in [1.54, 1.807) is 6.07 Å². The molecule has 26 heavy (non-hydrogen) atoms. The van der Waals surface area contributed by atoms with Gasteiger partial charge in [0.2, 0.25) is 0 Å². The number of urea groups is 1. The van der Waals surface area contributed by atoms with Gasteiger partial charge in [0.05, 0.1) is 11.1 Å². The summed E-state index contributed by atoms with van der Waals surface area (Å²) in [6.07, 6.45) is 2.45. The maximum absolute atomic E-state index is 13.8. The van der Waals surface area contributed by atoms with Gasteiger partial charge in [0.25, 0.3) is 11.8 Å². The summed E-state index contributed by atoms with van der Waals surface area (Å²) in [5.74, 6) is -1.83. The third kappa shape index (κ3) is 3.45. The Kier molecular flexibility index (Phi) is 5.03. The van der Waals surface area contributed by atoms with E-state index in [-0.39, 0.29) is 5.56 Å². The van der Waals surface area contributed by atoms with E-state index in [2.05, 4.69) is 10.6 Å². The molecule has 0 aliphatic heterocycles. The number of carbonyl (C=O) groups excluding carboxylic acids is 3. The lowest BCUT2D eigenvalue weighted by atomic mass is 10.1. The third-order valence-corrected chi connectivity index (χ3v) is 5.33. The lowest BCUT2D eigenvalue weighted by Crippen LogP contribution is -2.39. The first kappa shape index (κ1) is 18.1. The first-order chi connectivity index (χ1) is 12.4. The Balaban J connectivity index is 1.91. The normalized spacial score (nSPS) is 12.4. The van der Waals surface area contributed by atoms with Crippen LogP contribution >= 0.6 is 11.3 Å². The molecular weight excluding hydrogens is 357 g/mol. The lowest BCUT2D eigenvalue weighted by Gasteiger charge is -2.12. The molecule has 0 unspecified atom stereocenters. The summed E-state index contributed by atoms with van der Waals surface area (Å²) in [7, 11) is 3.06. The molecule has 2 aromatic rings. The van der Waals surface area contributed by atoms with E-state index in [9.17, 15) is 18.8 Å². The van der Waals surface area contributed by atoms with Crippen LogP contribution in [0.5, 0.6) is 0 Å². The van der Waals surface area contributed by atoms with Crippen LogP contribution in [-0.2, 0) is 12.8 Å². The molecule has 0 saturated carbocycles. The van der Waals surface area contributed by atoms with Crippen molar-refractivity contribution >= 4 is 34.2 Å². The Morgan fingerprint density at radius 2 is 1.85 bits per heavy atom. The van der Waals surface area contributed by atoms with Crippen LogP contribution in [0.1, 0.15) is 37.6 Å². The number of amides is 4.